The molecule has 0 spiro atoms. The number of rotatable bonds is 4. The van der Waals surface area contributed by atoms with E-state index in [1.54, 1.807) is 7.05 Å². The number of carboxylic acid groups (broad SMARTS) is 1. The van der Waals surface area contributed by atoms with Crippen LogP contribution in [0.3, 0.4) is 0 Å². The van der Waals surface area contributed by atoms with Gasteiger partial charge in [-0.25, -0.2) is 14.2 Å². The smallest absolute Gasteiger partial charge is 0.340 e. The van der Waals surface area contributed by atoms with Crippen LogP contribution in [-0.4, -0.2) is 25.8 Å². The van der Waals surface area contributed by atoms with E-state index in [2.05, 4.69) is 15.4 Å². The third-order valence-electron chi connectivity index (χ3n) is 2.31. The fourth-order valence-electron chi connectivity index (χ4n) is 1.53. The number of aromatic nitrogens is 3. The number of carbonyl (C=O) groups is 1. The van der Waals surface area contributed by atoms with Gasteiger partial charge in [-0.15, -0.1) is 0 Å². The third kappa shape index (κ3) is 2.45. The summed E-state index contributed by atoms with van der Waals surface area (Å²) in [5, 5.41) is 15.8. The molecule has 6 nitrogen and oxygen atoms in total. The zero-order chi connectivity index (χ0) is 13.1. The van der Waals surface area contributed by atoms with Crippen LogP contribution in [0.25, 0.3) is 0 Å². The third-order valence-corrected chi connectivity index (χ3v) is 2.31. The minimum atomic E-state index is -1.32. The number of hydrogen-bond acceptors (Lipinski definition) is 4. The topological polar surface area (TPSA) is 80.0 Å². The molecule has 1 aromatic heterocycles. The average Bonchev–Trinajstić information content (AvgIpc) is 2.72. The molecule has 2 aromatic rings. The molecule has 94 valence electrons. The fraction of sp³-hybridized carbons (Fsp3) is 0.182. The van der Waals surface area contributed by atoms with Gasteiger partial charge in [0, 0.05) is 7.05 Å². The Labute approximate surface area is 102 Å². The molecule has 2 N–H and O–H groups in total. The van der Waals surface area contributed by atoms with Crippen molar-refractivity contribution in [3.05, 3.63) is 41.7 Å². The van der Waals surface area contributed by atoms with Crippen LogP contribution in [0.5, 0.6) is 0 Å². The van der Waals surface area contributed by atoms with Crippen LogP contribution in [0, 0.1) is 5.82 Å². The number of carboxylic acids is 1. The van der Waals surface area contributed by atoms with Gasteiger partial charge in [0.1, 0.15) is 17.7 Å². The van der Waals surface area contributed by atoms with E-state index in [-0.39, 0.29) is 17.8 Å². The molecule has 0 bridgehead atoms. The summed E-state index contributed by atoms with van der Waals surface area (Å²) in [5.41, 5.74) is -0.177. The van der Waals surface area contributed by atoms with Gasteiger partial charge in [0.05, 0.1) is 12.2 Å². The molecular formula is C11H11FN4O2. The van der Waals surface area contributed by atoms with E-state index in [1.807, 2.05) is 0 Å². The Kier molecular flexibility index (Phi) is 3.22. The van der Waals surface area contributed by atoms with Gasteiger partial charge in [0.2, 0.25) is 0 Å². The summed E-state index contributed by atoms with van der Waals surface area (Å²) >= 11 is 0. The Hall–Kier alpha value is -2.44. The maximum atomic E-state index is 13.4. The number of nitrogens with one attached hydrogen (secondary N) is 1. The maximum Gasteiger partial charge on any atom is 0.340 e. The molecule has 0 radical (unpaired) electrons. The first-order chi connectivity index (χ1) is 8.58. The van der Waals surface area contributed by atoms with Crippen LogP contribution < -0.4 is 5.32 Å². The number of benzene rings is 1. The molecule has 0 unspecified atom stereocenters. The lowest BCUT2D eigenvalue weighted by Crippen LogP contribution is -2.09. The minimum Gasteiger partial charge on any atom is -0.478 e. The molecule has 0 saturated heterocycles. The molecule has 0 saturated carbocycles. The summed E-state index contributed by atoms with van der Waals surface area (Å²) in [6.45, 7) is 0.227. The number of halogens is 1. The van der Waals surface area contributed by atoms with Crippen LogP contribution in [0.4, 0.5) is 10.1 Å². The van der Waals surface area contributed by atoms with Gasteiger partial charge in [-0.1, -0.05) is 6.07 Å². The fourth-order valence-corrected chi connectivity index (χ4v) is 1.53. The van der Waals surface area contributed by atoms with Crippen molar-refractivity contribution in [3.63, 3.8) is 0 Å². The Balaban J connectivity index is 2.19. The second kappa shape index (κ2) is 4.82. The average molecular weight is 250 g/mol. The second-order valence-corrected chi connectivity index (χ2v) is 3.66. The molecule has 0 atom stereocenters. The number of anilines is 1. The number of aryl methyl sites for hydroxylation is 1. The summed E-state index contributed by atoms with van der Waals surface area (Å²) < 4.78 is 14.9. The highest BCUT2D eigenvalue weighted by atomic mass is 19.1. The number of nitrogens with zero attached hydrogens (tertiary/aromatic N) is 3. The molecule has 2 rings (SSSR count). The predicted octanol–water partition coefficient (Wildman–Crippen LogP) is 1.26. The van der Waals surface area contributed by atoms with E-state index in [4.69, 9.17) is 5.11 Å². The van der Waals surface area contributed by atoms with Gasteiger partial charge in [0.25, 0.3) is 0 Å². The summed E-state index contributed by atoms with van der Waals surface area (Å²) in [6, 6.07) is 4.04. The highest BCUT2D eigenvalue weighted by molar-refractivity contribution is 5.94. The van der Waals surface area contributed by atoms with E-state index in [1.165, 1.54) is 23.1 Å². The highest BCUT2D eigenvalue weighted by Crippen LogP contribution is 2.19. The van der Waals surface area contributed by atoms with Gasteiger partial charge in [-0.2, -0.15) is 5.10 Å². The SMILES string of the molecule is Cn1cnc(CNc2cccc(F)c2C(=O)O)n1. The van der Waals surface area contributed by atoms with E-state index >= 15 is 0 Å². The first-order valence-electron chi connectivity index (χ1n) is 5.18. The molecule has 0 aliphatic heterocycles. The van der Waals surface area contributed by atoms with E-state index in [9.17, 15) is 9.18 Å². The van der Waals surface area contributed by atoms with Crippen LogP contribution >= 0.6 is 0 Å². The van der Waals surface area contributed by atoms with Gasteiger partial charge >= 0.3 is 5.97 Å². The van der Waals surface area contributed by atoms with Crippen molar-refractivity contribution < 1.29 is 14.3 Å². The molecule has 0 fully saturated rings. The lowest BCUT2D eigenvalue weighted by Gasteiger charge is -2.08. The standard InChI is InChI=1S/C11H11FN4O2/c1-16-6-14-9(15-16)5-13-8-4-2-3-7(12)10(8)11(17)18/h2-4,6,13H,5H2,1H3,(H,17,18). The first-order valence-corrected chi connectivity index (χ1v) is 5.18. The van der Waals surface area contributed by atoms with Crippen molar-refractivity contribution in [1.29, 1.82) is 0 Å². The van der Waals surface area contributed by atoms with Crippen molar-refractivity contribution in [3.8, 4) is 0 Å². The largest absolute Gasteiger partial charge is 0.478 e. The van der Waals surface area contributed by atoms with Crippen molar-refractivity contribution in [1.82, 2.24) is 14.8 Å². The Bertz CT molecular complexity index is 582. The van der Waals surface area contributed by atoms with Crippen LogP contribution in [-0.2, 0) is 13.6 Å². The Morgan fingerprint density at radius 3 is 2.94 bits per heavy atom. The van der Waals surface area contributed by atoms with Crippen molar-refractivity contribution in [2.75, 3.05) is 5.32 Å². The molecule has 0 aliphatic rings. The van der Waals surface area contributed by atoms with Crippen molar-refractivity contribution in [2.24, 2.45) is 7.05 Å². The van der Waals surface area contributed by atoms with Crippen LogP contribution in [0.15, 0.2) is 24.5 Å². The minimum absolute atomic E-state index is 0.204. The first kappa shape index (κ1) is 12.0. The molecule has 0 amide bonds. The van der Waals surface area contributed by atoms with Gasteiger partial charge in [-0.3, -0.25) is 4.68 Å². The van der Waals surface area contributed by atoms with Crippen molar-refractivity contribution in [2.45, 2.75) is 6.54 Å². The molecule has 1 heterocycles. The zero-order valence-electron chi connectivity index (χ0n) is 9.59. The lowest BCUT2D eigenvalue weighted by atomic mass is 10.1. The molecule has 18 heavy (non-hydrogen) atoms. The Morgan fingerprint density at radius 1 is 1.56 bits per heavy atom. The molecule has 0 aliphatic carbocycles. The lowest BCUT2D eigenvalue weighted by molar-refractivity contribution is 0.0693. The van der Waals surface area contributed by atoms with Gasteiger partial charge in [-0.05, 0) is 12.1 Å². The molecular weight excluding hydrogens is 239 g/mol. The number of hydrogen-bond donors (Lipinski definition) is 2. The maximum absolute atomic E-state index is 13.4. The van der Waals surface area contributed by atoms with E-state index in [0.29, 0.717) is 5.82 Å². The van der Waals surface area contributed by atoms with Crippen LogP contribution in [0.1, 0.15) is 16.2 Å². The van der Waals surface area contributed by atoms with E-state index in [0.717, 1.165) is 6.07 Å². The Morgan fingerprint density at radius 2 is 2.33 bits per heavy atom. The normalized spacial score (nSPS) is 10.3. The van der Waals surface area contributed by atoms with Gasteiger partial charge < -0.3 is 10.4 Å². The molecule has 7 heteroatoms. The summed E-state index contributed by atoms with van der Waals surface area (Å²) in [5.74, 6) is -1.59. The monoisotopic (exact) mass is 250 g/mol. The zero-order valence-corrected chi connectivity index (χ0v) is 9.59. The van der Waals surface area contributed by atoms with Crippen LogP contribution in [0.2, 0.25) is 0 Å². The number of aromatic carboxylic acids is 1. The van der Waals surface area contributed by atoms with E-state index < -0.39 is 11.8 Å². The molecule has 1 aromatic carbocycles. The van der Waals surface area contributed by atoms with Gasteiger partial charge in [0.15, 0.2) is 5.82 Å². The summed E-state index contributed by atoms with van der Waals surface area (Å²) in [6.07, 6.45) is 1.53. The van der Waals surface area contributed by atoms with Crippen molar-refractivity contribution >= 4 is 11.7 Å². The summed E-state index contributed by atoms with van der Waals surface area (Å²) in [7, 11) is 1.72. The highest BCUT2D eigenvalue weighted by Gasteiger charge is 2.15. The summed E-state index contributed by atoms with van der Waals surface area (Å²) in [4.78, 5) is 14.9. The predicted molar refractivity (Wildman–Crippen MR) is 61.7 cm³/mol. The quantitative estimate of drug-likeness (QED) is 0.854. The second-order valence-electron chi connectivity index (χ2n) is 3.66.